The van der Waals surface area contributed by atoms with E-state index in [1.807, 2.05) is 0 Å². The highest BCUT2D eigenvalue weighted by Crippen LogP contribution is 2.35. The number of nitrogens with one attached hydrogen (secondary N) is 1. The van der Waals surface area contributed by atoms with Crippen LogP contribution < -0.4 is 5.32 Å². The average Bonchev–Trinajstić information content (AvgIpc) is 3.36. The summed E-state index contributed by atoms with van der Waals surface area (Å²) in [5.74, 6) is -0.187. The highest BCUT2D eigenvalue weighted by molar-refractivity contribution is 7.89. The van der Waals surface area contributed by atoms with Gasteiger partial charge < -0.3 is 14.6 Å². The van der Waals surface area contributed by atoms with E-state index in [1.165, 1.54) is 22.9 Å². The highest BCUT2D eigenvalue weighted by Gasteiger charge is 2.44. The van der Waals surface area contributed by atoms with Crippen molar-refractivity contribution in [3.8, 4) is 0 Å². The fourth-order valence-electron chi connectivity index (χ4n) is 4.27. The first-order chi connectivity index (χ1) is 14.6. The zero-order valence-electron chi connectivity index (χ0n) is 17.0. The van der Waals surface area contributed by atoms with E-state index in [1.54, 1.807) is 17.7 Å². The van der Waals surface area contributed by atoms with Gasteiger partial charge in [-0.1, -0.05) is 6.07 Å². The van der Waals surface area contributed by atoms with Crippen molar-refractivity contribution in [1.29, 1.82) is 0 Å². The lowest BCUT2D eigenvalue weighted by Gasteiger charge is -2.31. The molecule has 2 aromatic rings. The van der Waals surface area contributed by atoms with Crippen molar-refractivity contribution in [3.05, 3.63) is 42.4 Å². The molecule has 0 spiro atoms. The number of halogens is 3. The largest absolute Gasteiger partial charge is 0.416 e. The maximum atomic E-state index is 13.1. The van der Waals surface area contributed by atoms with Crippen LogP contribution in [0.25, 0.3) is 0 Å². The number of ether oxygens (including phenoxy) is 1. The van der Waals surface area contributed by atoms with Crippen LogP contribution in [0.1, 0.15) is 24.8 Å². The molecule has 0 radical (unpaired) electrons. The molecule has 0 bridgehead atoms. The number of anilines is 1. The van der Waals surface area contributed by atoms with E-state index in [0.29, 0.717) is 12.3 Å². The summed E-state index contributed by atoms with van der Waals surface area (Å²) in [7, 11) is -2.13. The van der Waals surface area contributed by atoms with Gasteiger partial charge in [0.1, 0.15) is 0 Å². The van der Waals surface area contributed by atoms with Crippen LogP contribution in [-0.2, 0) is 28.0 Å². The molecule has 2 fully saturated rings. The van der Waals surface area contributed by atoms with Gasteiger partial charge in [0.05, 0.1) is 18.0 Å². The SMILES string of the molecule is Cn1cnc(S(=O)(=O)N2CC(Nc3cccc(C(F)(F)F)c3)C(C3CCCCO3)C2)c1. The van der Waals surface area contributed by atoms with Crippen molar-refractivity contribution < 1.29 is 26.3 Å². The summed E-state index contributed by atoms with van der Waals surface area (Å²) >= 11 is 0. The van der Waals surface area contributed by atoms with Crippen LogP contribution in [0.2, 0.25) is 0 Å². The second kappa shape index (κ2) is 8.44. The Bertz CT molecular complexity index is 1020. The number of hydrogen-bond donors (Lipinski definition) is 1. The second-order valence-corrected chi connectivity index (χ2v) is 9.98. The number of nitrogens with zero attached hydrogens (tertiary/aromatic N) is 3. The fraction of sp³-hybridized carbons (Fsp3) is 0.550. The molecule has 0 saturated carbocycles. The van der Waals surface area contributed by atoms with Gasteiger partial charge in [-0.05, 0) is 37.5 Å². The molecule has 170 valence electrons. The van der Waals surface area contributed by atoms with E-state index >= 15 is 0 Å². The predicted octanol–water partition coefficient (Wildman–Crippen LogP) is 3.11. The molecule has 1 N–H and O–H groups in total. The molecule has 4 rings (SSSR count). The summed E-state index contributed by atoms with van der Waals surface area (Å²) in [6.45, 7) is 0.949. The maximum Gasteiger partial charge on any atom is 0.416 e. The first-order valence-corrected chi connectivity index (χ1v) is 11.6. The Morgan fingerprint density at radius 2 is 2.03 bits per heavy atom. The van der Waals surface area contributed by atoms with Crippen molar-refractivity contribution in [3.63, 3.8) is 0 Å². The zero-order valence-corrected chi connectivity index (χ0v) is 17.9. The van der Waals surface area contributed by atoms with Gasteiger partial charge in [0.15, 0.2) is 5.03 Å². The molecule has 1 aromatic heterocycles. The summed E-state index contributed by atoms with van der Waals surface area (Å²) in [5, 5.41) is 3.10. The Morgan fingerprint density at radius 1 is 1.23 bits per heavy atom. The highest BCUT2D eigenvalue weighted by atomic mass is 32.2. The molecule has 0 aliphatic carbocycles. The number of aromatic nitrogens is 2. The average molecular weight is 459 g/mol. The number of alkyl halides is 3. The molecule has 2 aliphatic heterocycles. The molecule has 31 heavy (non-hydrogen) atoms. The van der Waals surface area contributed by atoms with Crippen LogP contribution in [0.3, 0.4) is 0 Å². The third-order valence-corrected chi connectivity index (χ3v) is 7.57. The van der Waals surface area contributed by atoms with Crippen LogP contribution in [0.15, 0.2) is 41.8 Å². The van der Waals surface area contributed by atoms with E-state index in [0.717, 1.165) is 31.4 Å². The van der Waals surface area contributed by atoms with E-state index < -0.39 is 21.8 Å². The van der Waals surface area contributed by atoms with Gasteiger partial charge in [-0.25, -0.2) is 13.4 Å². The fourth-order valence-corrected chi connectivity index (χ4v) is 5.74. The molecular weight excluding hydrogens is 433 g/mol. The smallest absolute Gasteiger partial charge is 0.381 e. The number of rotatable bonds is 5. The molecule has 3 unspecified atom stereocenters. The number of imidazole rings is 1. The minimum absolute atomic E-state index is 0.0435. The second-order valence-electron chi connectivity index (χ2n) is 8.10. The first kappa shape index (κ1) is 22.1. The minimum atomic E-state index is -4.45. The third kappa shape index (κ3) is 4.73. The van der Waals surface area contributed by atoms with Crippen LogP contribution in [0, 0.1) is 5.92 Å². The lowest BCUT2D eigenvalue weighted by molar-refractivity contribution is -0.137. The van der Waals surface area contributed by atoms with Crippen molar-refractivity contribution in [2.24, 2.45) is 13.0 Å². The molecule has 11 heteroatoms. The van der Waals surface area contributed by atoms with Gasteiger partial charge in [-0.3, -0.25) is 0 Å². The van der Waals surface area contributed by atoms with Gasteiger partial charge >= 0.3 is 6.18 Å². The summed E-state index contributed by atoms with van der Waals surface area (Å²) < 4.78 is 74.3. The van der Waals surface area contributed by atoms with Crippen molar-refractivity contribution in [2.45, 2.75) is 42.6 Å². The molecule has 3 atom stereocenters. The standard InChI is InChI=1S/C20H25F3N4O3S/c1-26-12-19(24-13-26)31(28,29)27-10-16(18-7-2-3-8-30-18)17(11-27)25-15-6-4-5-14(9-15)20(21,22)23/h4-6,9,12-13,16-18,25H,2-3,7-8,10-11H2,1H3. The Kier molecular flexibility index (Phi) is 6.01. The topological polar surface area (TPSA) is 76.5 Å². The summed E-state index contributed by atoms with van der Waals surface area (Å²) in [6.07, 6.45) is 0.977. The Hall–Kier alpha value is -2.11. The molecule has 3 heterocycles. The van der Waals surface area contributed by atoms with E-state index in [2.05, 4.69) is 10.3 Å². The summed E-state index contributed by atoms with van der Waals surface area (Å²) in [5.41, 5.74) is -0.448. The van der Waals surface area contributed by atoms with Crippen LogP contribution >= 0.6 is 0 Å². The normalized spacial score (nSPS) is 25.6. The molecule has 1 aromatic carbocycles. The first-order valence-electron chi connectivity index (χ1n) is 10.2. The van der Waals surface area contributed by atoms with Gasteiger partial charge in [0, 0.05) is 50.6 Å². The zero-order chi connectivity index (χ0) is 22.2. The van der Waals surface area contributed by atoms with Gasteiger partial charge in [-0.15, -0.1) is 0 Å². The van der Waals surface area contributed by atoms with Crippen molar-refractivity contribution in [1.82, 2.24) is 13.9 Å². The number of benzene rings is 1. The molecule has 7 nitrogen and oxygen atoms in total. The minimum Gasteiger partial charge on any atom is -0.381 e. The van der Waals surface area contributed by atoms with Crippen LogP contribution in [-0.4, -0.2) is 54.1 Å². The molecule has 2 saturated heterocycles. The maximum absolute atomic E-state index is 13.1. The Labute approximate surface area is 179 Å². The number of sulfonamides is 1. The van der Waals surface area contributed by atoms with Gasteiger partial charge in [0.2, 0.25) is 0 Å². The van der Waals surface area contributed by atoms with Crippen LogP contribution in [0.4, 0.5) is 18.9 Å². The van der Waals surface area contributed by atoms with E-state index in [4.69, 9.17) is 4.74 Å². The van der Waals surface area contributed by atoms with E-state index in [9.17, 15) is 21.6 Å². The molecule has 0 amide bonds. The van der Waals surface area contributed by atoms with Gasteiger partial charge in [0.25, 0.3) is 10.0 Å². The Balaban J connectivity index is 1.59. The third-order valence-electron chi connectivity index (χ3n) is 5.85. The van der Waals surface area contributed by atoms with Crippen molar-refractivity contribution >= 4 is 15.7 Å². The molecular formula is C20H25F3N4O3S. The lowest BCUT2D eigenvalue weighted by atomic mass is 9.91. The summed E-state index contributed by atoms with van der Waals surface area (Å²) in [6, 6.07) is 4.58. The van der Waals surface area contributed by atoms with E-state index in [-0.39, 0.29) is 36.2 Å². The quantitative estimate of drug-likeness (QED) is 0.745. The van der Waals surface area contributed by atoms with Crippen LogP contribution in [0.5, 0.6) is 0 Å². The number of hydrogen-bond acceptors (Lipinski definition) is 5. The lowest BCUT2D eigenvalue weighted by Crippen LogP contribution is -2.39. The molecule has 2 aliphatic rings. The van der Waals surface area contributed by atoms with Crippen molar-refractivity contribution in [2.75, 3.05) is 25.0 Å². The monoisotopic (exact) mass is 458 g/mol. The predicted molar refractivity (Wildman–Crippen MR) is 108 cm³/mol. The summed E-state index contributed by atoms with van der Waals surface area (Å²) in [4.78, 5) is 3.97. The Morgan fingerprint density at radius 3 is 2.68 bits per heavy atom. The number of aryl methyl sites for hydroxylation is 1. The van der Waals surface area contributed by atoms with Gasteiger partial charge in [-0.2, -0.15) is 17.5 Å².